The number of rotatable bonds is 4. The van der Waals surface area contributed by atoms with E-state index < -0.39 is 0 Å². The van der Waals surface area contributed by atoms with Gasteiger partial charge in [0, 0.05) is 0 Å². The highest BCUT2D eigenvalue weighted by atomic mass is 14.2. The molecule has 0 radical (unpaired) electrons. The summed E-state index contributed by atoms with van der Waals surface area (Å²) in [7, 11) is 0. The summed E-state index contributed by atoms with van der Waals surface area (Å²) in [6.07, 6.45) is 0. The molecule has 180 valence electrons. The van der Waals surface area contributed by atoms with Crippen LogP contribution in [0.25, 0.3) is 49.4 Å². The molecule has 38 heavy (non-hydrogen) atoms. The Morgan fingerprint density at radius 2 is 0.816 bits per heavy atom. The van der Waals surface area contributed by atoms with E-state index in [0.717, 1.165) is 16.7 Å². The number of hydrogen-bond donors (Lipinski definition) is 0. The summed E-state index contributed by atoms with van der Waals surface area (Å²) in [5.41, 5.74) is 8.04. The molecule has 0 amide bonds. The van der Waals surface area contributed by atoms with Crippen molar-refractivity contribution < 1.29 is 0 Å². The van der Waals surface area contributed by atoms with Crippen LogP contribution in [0, 0.1) is 0 Å². The molecule has 0 spiro atoms. The van der Waals surface area contributed by atoms with E-state index in [0.29, 0.717) is 0 Å². The second-order valence-corrected chi connectivity index (χ2v) is 9.39. The van der Waals surface area contributed by atoms with Crippen molar-refractivity contribution in [2.24, 2.45) is 0 Å². The first kappa shape index (κ1) is 23.5. The lowest BCUT2D eigenvalue weighted by Gasteiger charge is -2.15. The smallest absolute Gasteiger partial charge is 0.00990 e. The largest absolute Gasteiger partial charge is 0.0905 e. The monoisotopic (exact) mass is 484 g/mol. The van der Waals surface area contributed by atoms with Crippen LogP contribution in [-0.2, 0) is 0 Å². The first-order valence-electron chi connectivity index (χ1n) is 13.0. The van der Waals surface area contributed by atoms with Gasteiger partial charge in [-0.05, 0) is 60.5 Å². The third-order valence-corrected chi connectivity index (χ3v) is 7.11. The molecule has 0 atom stereocenters. The van der Waals surface area contributed by atoms with Gasteiger partial charge in [-0.15, -0.1) is 0 Å². The maximum absolute atomic E-state index is 4.67. The molecule has 0 fully saturated rings. The van der Waals surface area contributed by atoms with Crippen LogP contribution < -0.4 is 0 Å². The molecule has 6 rings (SSSR count). The van der Waals surface area contributed by atoms with Crippen LogP contribution in [0.2, 0.25) is 0 Å². The van der Waals surface area contributed by atoms with Gasteiger partial charge in [-0.25, -0.2) is 0 Å². The number of benzene rings is 5. The van der Waals surface area contributed by atoms with Gasteiger partial charge >= 0.3 is 0 Å². The number of fused-ring (bicyclic) bond motifs is 2. The summed E-state index contributed by atoms with van der Waals surface area (Å²) >= 11 is 0. The molecule has 0 N–H and O–H groups in total. The molecule has 0 bridgehead atoms. The Balaban J connectivity index is 1.66. The molecule has 0 heterocycles. The van der Waals surface area contributed by atoms with Crippen molar-refractivity contribution in [3.05, 3.63) is 175 Å². The molecule has 0 aromatic heterocycles. The van der Waals surface area contributed by atoms with Crippen LogP contribution in [0.3, 0.4) is 0 Å². The SMILES string of the molecule is C=C(c1ccccc1-c1ccccc1)c1ccccccc(-c2cccc3ccccc23)c2ccccc12. The summed E-state index contributed by atoms with van der Waals surface area (Å²) in [5.74, 6) is 0. The van der Waals surface area contributed by atoms with E-state index in [1.54, 1.807) is 0 Å². The van der Waals surface area contributed by atoms with Crippen molar-refractivity contribution >= 4 is 27.1 Å². The van der Waals surface area contributed by atoms with Crippen LogP contribution in [0.4, 0.5) is 0 Å². The second-order valence-electron chi connectivity index (χ2n) is 9.39. The molecule has 6 aromatic rings. The van der Waals surface area contributed by atoms with Crippen molar-refractivity contribution in [2.75, 3.05) is 0 Å². The fourth-order valence-corrected chi connectivity index (χ4v) is 5.28. The first-order valence-corrected chi connectivity index (χ1v) is 13.0. The van der Waals surface area contributed by atoms with Crippen LogP contribution in [0.5, 0.6) is 0 Å². The molecule has 0 saturated heterocycles. The molecule has 0 aliphatic heterocycles. The highest BCUT2D eigenvalue weighted by molar-refractivity contribution is 6.08. The van der Waals surface area contributed by atoms with Crippen molar-refractivity contribution in [3.8, 4) is 22.3 Å². The fraction of sp³-hybridized carbons (Fsp3) is 0. The van der Waals surface area contributed by atoms with Crippen molar-refractivity contribution in [3.63, 3.8) is 0 Å². The highest BCUT2D eigenvalue weighted by Crippen LogP contribution is 2.37. The molecule has 0 aliphatic rings. The molecule has 0 heteroatoms. The van der Waals surface area contributed by atoms with Gasteiger partial charge in [0.05, 0.1) is 0 Å². The summed E-state index contributed by atoms with van der Waals surface area (Å²) in [5, 5.41) is 4.84. The standard InChI is InChI=1S/C38H28/c1-28(31-21-11-12-22-33(31)29-16-5-4-6-17-29)32-20-7-2-3-8-24-38(37-26-14-13-25-35(32)37)36-27-15-19-30-18-9-10-23-34(30)36/h2-27H,1H2. The van der Waals surface area contributed by atoms with Crippen molar-refractivity contribution in [1.82, 2.24) is 0 Å². The van der Waals surface area contributed by atoms with Gasteiger partial charge < -0.3 is 0 Å². The van der Waals surface area contributed by atoms with Gasteiger partial charge in [-0.1, -0.05) is 164 Å². The van der Waals surface area contributed by atoms with E-state index in [2.05, 4.69) is 164 Å². The molecule has 0 saturated carbocycles. The normalized spacial score (nSPS) is 10.7. The topological polar surface area (TPSA) is 0 Å². The summed E-state index contributed by atoms with van der Waals surface area (Å²) < 4.78 is 0. The number of hydrogen-bond acceptors (Lipinski definition) is 0. The van der Waals surface area contributed by atoms with Crippen LogP contribution in [0.15, 0.2) is 164 Å². The van der Waals surface area contributed by atoms with Crippen LogP contribution in [0.1, 0.15) is 11.1 Å². The Kier molecular flexibility index (Phi) is 6.53. The minimum Gasteiger partial charge on any atom is -0.0905 e. The third-order valence-electron chi connectivity index (χ3n) is 7.11. The lowest BCUT2D eigenvalue weighted by atomic mass is 9.88. The Morgan fingerprint density at radius 1 is 0.342 bits per heavy atom. The first-order chi connectivity index (χ1) is 18.8. The van der Waals surface area contributed by atoms with Crippen LogP contribution >= 0.6 is 0 Å². The highest BCUT2D eigenvalue weighted by Gasteiger charge is 2.13. The maximum Gasteiger partial charge on any atom is -0.00990 e. The summed E-state index contributed by atoms with van der Waals surface area (Å²) in [6, 6.07) is 55.8. The van der Waals surface area contributed by atoms with E-state index in [1.807, 2.05) is 0 Å². The average molecular weight is 485 g/mol. The van der Waals surface area contributed by atoms with E-state index in [4.69, 9.17) is 0 Å². The molecule has 0 nitrogen and oxygen atoms in total. The van der Waals surface area contributed by atoms with Gasteiger partial charge in [0.25, 0.3) is 0 Å². The van der Waals surface area contributed by atoms with E-state index >= 15 is 0 Å². The minimum atomic E-state index is 1.00. The molecule has 6 aromatic carbocycles. The van der Waals surface area contributed by atoms with Gasteiger partial charge in [0.2, 0.25) is 0 Å². The Bertz CT molecular complexity index is 1820. The molecule has 0 aliphatic carbocycles. The maximum atomic E-state index is 4.67. The van der Waals surface area contributed by atoms with Gasteiger partial charge in [0.15, 0.2) is 0 Å². The lowest BCUT2D eigenvalue weighted by Crippen LogP contribution is -1.92. The Hall–Kier alpha value is -4.94. The Morgan fingerprint density at radius 3 is 1.66 bits per heavy atom. The quantitative estimate of drug-likeness (QED) is 0.233. The molecular formula is C38H28. The van der Waals surface area contributed by atoms with Crippen molar-refractivity contribution in [1.29, 1.82) is 0 Å². The van der Waals surface area contributed by atoms with Gasteiger partial charge in [0.1, 0.15) is 0 Å². The van der Waals surface area contributed by atoms with Crippen LogP contribution in [-0.4, -0.2) is 0 Å². The van der Waals surface area contributed by atoms with Gasteiger partial charge in [-0.2, -0.15) is 0 Å². The Labute approximate surface area is 224 Å². The molecule has 0 unspecified atom stereocenters. The average Bonchev–Trinajstić information content (AvgIpc) is 2.99. The zero-order chi connectivity index (χ0) is 25.7. The minimum absolute atomic E-state index is 1.00. The predicted molar refractivity (Wildman–Crippen MR) is 165 cm³/mol. The van der Waals surface area contributed by atoms with E-state index in [1.165, 1.54) is 43.8 Å². The zero-order valence-electron chi connectivity index (χ0n) is 21.2. The van der Waals surface area contributed by atoms with E-state index in [-0.39, 0.29) is 0 Å². The second kappa shape index (κ2) is 10.6. The summed E-state index contributed by atoms with van der Waals surface area (Å²) in [4.78, 5) is 0. The van der Waals surface area contributed by atoms with Crippen molar-refractivity contribution in [2.45, 2.75) is 0 Å². The summed E-state index contributed by atoms with van der Waals surface area (Å²) in [6.45, 7) is 4.67. The van der Waals surface area contributed by atoms with E-state index in [9.17, 15) is 0 Å². The molecular weight excluding hydrogens is 456 g/mol. The lowest BCUT2D eigenvalue weighted by molar-refractivity contribution is 1.55. The third kappa shape index (κ3) is 4.49. The predicted octanol–water partition coefficient (Wildman–Crippen LogP) is 10.5. The van der Waals surface area contributed by atoms with Gasteiger partial charge in [-0.3, -0.25) is 0 Å². The zero-order valence-corrected chi connectivity index (χ0v) is 21.2. The fourth-order valence-electron chi connectivity index (χ4n) is 5.28.